The highest BCUT2D eigenvalue weighted by atomic mass is 35.5. The minimum atomic E-state index is -1.07. The number of carbonyl (C=O) groups is 3. The van der Waals surface area contributed by atoms with Gasteiger partial charge in [0.1, 0.15) is 12.4 Å². The van der Waals surface area contributed by atoms with Crippen molar-refractivity contribution in [2.24, 2.45) is 10.3 Å². The third-order valence-electron chi connectivity index (χ3n) is 4.42. The van der Waals surface area contributed by atoms with E-state index < -0.39 is 35.6 Å². The van der Waals surface area contributed by atoms with Gasteiger partial charge in [0.15, 0.2) is 12.1 Å². The van der Waals surface area contributed by atoms with Gasteiger partial charge in [0, 0.05) is 10.7 Å². The van der Waals surface area contributed by atoms with Crippen LogP contribution in [0.5, 0.6) is 0 Å². The van der Waals surface area contributed by atoms with E-state index in [1.54, 1.807) is 0 Å². The molecule has 0 radical (unpaired) electrons. The van der Waals surface area contributed by atoms with Crippen molar-refractivity contribution >= 4 is 52.3 Å². The highest BCUT2D eigenvalue weighted by Crippen LogP contribution is 2.36. The van der Waals surface area contributed by atoms with Gasteiger partial charge in [-0.15, -0.1) is 0 Å². The second kappa shape index (κ2) is 7.41. The fraction of sp³-hybridized carbons (Fsp3) is 0.167. The molecule has 0 saturated carbocycles. The van der Waals surface area contributed by atoms with E-state index in [2.05, 4.69) is 15.7 Å². The normalized spacial score (nSPS) is 20.4. The molecule has 2 heterocycles. The minimum Gasteiger partial charge on any atom is -0.324 e. The molecule has 2 aromatic carbocycles. The lowest BCUT2D eigenvalue weighted by atomic mass is 10.1. The highest BCUT2D eigenvalue weighted by Gasteiger charge is 2.55. The summed E-state index contributed by atoms with van der Waals surface area (Å²) in [5.74, 6) is -2.25. The van der Waals surface area contributed by atoms with Gasteiger partial charge in [-0.05, 0) is 36.4 Å². The van der Waals surface area contributed by atoms with E-state index in [4.69, 9.17) is 23.2 Å². The van der Waals surface area contributed by atoms with Gasteiger partial charge < -0.3 is 5.32 Å². The summed E-state index contributed by atoms with van der Waals surface area (Å²) in [6.07, 6.45) is 0. The number of nitrogens with zero attached hydrogens (tertiary/aromatic N) is 4. The van der Waals surface area contributed by atoms with Crippen molar-refractivity contribution in [2.75, 3.05) is 16.8 Å². The van der Waals surface area contributed by atoms with E-state index in [1.807, 2.05) is 0 Å². The zero-order chi connectivity index (χ0) is 20.7. The molecule has 3 amide bonds. The summed E-state index contributed by atoms with van der Waals surface area (Å²) in [6.45, 7) is -0.345. The number of anilines is 2. The van der Waals surface area contributed by atoms with Crippen LogP contribution < -0.4 is 10.2 Å². The molecule has 0 aromatic heterocycles. The van der Waals surface area contributed by atoms with Crippen molar-refractivity contribution < 1.29 is 18.8 Å². The number of benzene rings is 2. The van der Waals surface area contributed by atoms with Gasteiger partial charge in [-0.2, -0.15) is 5.11 Å². The Hall–Kier alpha value is -3.04. The Kier molecular flexibility index (Phi) is 4.93. The van der Waals surface area contributed by atoms with Crippen LogP contribution in [-0.4, -0.2) is 41.4 Å². The zero-order valence-electron chi connectivity index (χ0n) is 14.6. The summed E-state index contributed by atoms with van der Waals surface area (Å²) in [6, 6.07) is 7.60. The topological polar surface area (TPSA) is 94.4 Å². The molecule has 2 aliphatic rings. The summed E-state index contributed by atoms with van der Waals surface area (Å²) in [4.78, 5) is 38.8. The zero-order valence-corrected chi connectivity index (χ0v) is 16.1. The number of hydrogen-bond donors (Lipinski definition) is 1. The maximum absolute atomic E-state index is 13.3. The summed E-state index contributed by atoms with van der Waals surface area (Å²) < 4.78 is 13.3. The number of nitrogens with one attached hydrogen (secondary N) is 1. The molecule has 2 aromatic rings. The molecule has 1 N–H and O–H groups in total. The van der Waals surface area contributed by atoms with Crippen LogP contribution in [0.25, 0.3) is 0 Å². The van der Waals surface area contributed by atoms with Crippen LogP contribution in [0.4, 0.5) is 15.8 Å². The third kappa shape index (κ3) is 3.54. The van der Waals surface area contributed by atoms with Crippen molar-refractivity contribution in [3.63, 3.8) is 0 Å². The van der Waals surface area contributed by atoms with Crippen molar-refractivity contribution in [3.05, 3.63) is 58.3 Å². The van der Waals surface area contributed by atoms with Gasteiger partial charge in [0.2, 0.25) is 5.91 Å². The molecule has 0 unspecified atom stereocenters. The Labute approximate surface area is 173 Å². The van der Waals surface area contributed by atoms with Crippen LogP contribution in [0.15, 0.2) is 52.8 Å². The molecular weight excluding hydrogens is 424 g/mol. The van der Waals surface area contributed by atoms with Crippen LogP contribution >= 0.6 is 23.2 Å². The second-order valence-corrected chi connectivity index (χ2v) is 7.20. The van der Waals surface area contributed by atoms with E-state index in [0.717, 1.165) is 16.0 Å². The predicted octanol–water partition coefficient (Wildman–Crippen LogP) is 3.06. The van der Waals surface area contributed by atoms with Gasteiger partial charge in [-0.3, -0.25) is 19.4 Å². The number of carbonyl (C=O) groups excluding carboxylic acids is 3. The Balaban J connectivity index is 1.51. The van der Waals surface area contributed by atoms with Crippen LogP contribution in [-0.2, 0) is 14.4 Å². The van der Waals surface area contributed by atoms with E-state index in [-0.39, 0.29) is 22.9 Å². The first kappa shape index (κ1) is 19.3. The van der Waals surface area contributed by atoms with Crippen LogP contribution in [0, 0.1) is 5.82 Å². The molecule has 2 atom stereocenters. The Morgan fingerprint density at radius 1 is 1.14 bits per heavy atom. The van der Waals surface area contributed by atoms with E-state index in [1.165, 1.54) is 36.4 Å². The first-order valence-electron chi connectivity index (χ1n) is 8.41. The molecule has 0 bridgehead atoms. The van der Waals surface area contributed by atoms with Gasteiger partial charge in [-0.1, -0.05) is 34.5 Å². The SMILES string of the molecule is O=C(CN1N=N[C@H]2C(=O)N(c3ccc(Cl)cc3Cl)C(=O)[C@H]21)Nc1cccc(F)c1. The molecule has 0 spiro atoms. The summed E-state index contributed by atoms with van der Waals surface area (Å²) >= 11 is 12.0. The number of rotatable bonds is 4. The highest BCUT2D eigenvalue weighted by molar-refractivity contribution is 6.38. The number of hydrogen-bond acceptors (Lipinski definition) is 6. The second-order valence-electron chi connectivity index (χ2n) is 6.36. The lowest BCUT2D eigenvalue weighted by Gasteiger charge is -2.20. The van der Waals surface area contributed by atoms with Gasteiger partial charge in [-0.25, -0.2) is 9.29 Å². The number of halogens is 3. The third-order valence-corrected chi connectivity index (χ3v) is 4.96. The van der Waals surface area contributed by atoms with E-state index in [0.29, 0.717) is 5.02 Å². The van der Waals surface area contributed by atoms with Crippen LogP contribution in [0.2, 0.25) is 10.0 Å². The average molecular weight is 436 g/mol. The Morgan fingerprint density at radius 3 is 2.66 bits per heavy atom. The summed E-state index contributed by atoms with van der Waals surface area (Å²) in [5, 5.41) is 11.7. The molecule has 8 nitrogen and oxygen atoms in total. The fourth-order valence-corrected chi connectivity index (χ4v) is 3.66. The first-order chi connectivity index (χ1) is 13.8. The van der Waals surface area contributed by atoms with Crippen molar-refractivity contribution in [2.45, 2.75) is 12.1 Å². The van der Waals surface area contributed by atoms with Crippen LogP contribution in [0.1, 0.15) is 0 Å². The van der Waals surface area contributed by atoms with Crippen molar-refractivity contribution in [1.82, 2.24) is 5.01 Å². The number of imide groups is 1. The predicted molar refractivity (Wildman–Crippen MR) is 103 cm³/mol. The maximum atomic E-state index is 13.3. The van der Waals surface area contributed by atoms with Crippen molar-refractivity contribution in [1.29, 1.82) is 0 Å². The molecule has 0 aliphatic carbocycles. The van der Waals surface area contributed by atoms with Crippen molar-refractivity contribution in [3.8, 4) is 0 Å². The van der Waals surface area contributed by atoms with E-state index in [9.17, 15) is 18.8 Å². The fourth-order valence-electron chi connectivity index (χ4n) is 3.17. The molecule has 1 fully saturated rings. The maximum Gasteiger partial charge on any atom is 0.263 e. The van der Waals surface area contributed by atoms with Crippen LogP contribution in [0.3, 0.4) is 0 Å². The lowest BCUT2D eigenvalue weighted by molar-refractivity contribution is -0.123. The molecule has 11 heteroatoms. The average Bonchev–Trinajstić information content (AvgIpc) is 3.16. The van der Waals surface area contributed by atoms with Gasteiger partial charge in [0.25, 0.3) is 11.8 Å². The largest absolute Gasteiger partial charge is 0.324 e. The smallest absolute Gasteiger partial charge is 0.263 e. The number of amides is 3. The monoisotopic (exact) mass is 435 g/mol. The Morgan fingerprint density at radius 2 is 1.93 bits per heavy atom. The molecule has 2 aliphatic heterocycles. The number of fused-ring (bicyclic) bond motifs is 1. The molecule has 148 valence electrons. The molecule has 29 heavy (non-hydrogen) atoms. The first-order valence-corrected chi connectivity index (χ1v) is 9.16. The lowest BCUT2D eigenvalue weighted by Crippen LogP contribution is -2.43. The molecular formula is C18H12Cl2FN5O3. The molecule has 1 saturated heterocycles. The van der Waals surface area contributed by atoms with Gasteiger partial charge >= 0.3 is 0 Å². The van der Waals surface area contributed by atoms with E-state index >= 15 is 0 Å². The van der Waals surface area contributed by atoms with Gasteiger partial charge in [0.05, 0.1) is 10.7 Å². The standard InChI is InChI=1S/C18H12Cl2FN5O3/c19-9-4-5-13(12(20)6-9)26-17(28)15-16(18(26)29)25(24-23-15)8-14(27)22-11-3-1-2-10(21)7-11/h1-7,15-16H,8H2,(H,22,27)/t15-,16+/m1/s1. The summed E-state index contributed by atoms with van der Waals surface area (Å²) in [7, 11) is 0. The molecule has 4 rings (SSSR count). The summed E-state index contributed by atoms with van der Waals surface area (Å²) in [5.41, 5.74) is 0.436. The quantitative estimate of drug-likeness (QED) is 0.746. The minimum absolute atomic E-state index is 0.131. The Bertz CT molecular complexity index is 1060.